The van der Waals surface area contributed by atoms with Crippen molar-refractivity contribution in [2.45, 2.75) is 329 Å². The summed E-state index contributed by atoms with van der Waals surface area (Å²) < 4.78 is 16.9. The fraction of sp³-hybridized carbons (Fsp3) is 0.697. The highest BCUT2D eigenvalue weighted by atomic mass is 16.6. The van der Waals surface area contributed by atoms with Gasteiger partial charge in [0, 0.05) is 19.3 Å². The minimum atomic E-state index is -0.791. The fourth-order valence-electron chi connectivity index (χ4n) is 9.54. The third-order valence-corrected chi connectivity index (χ3v) is 14.7. The highest BCUT2D eigenvalue weighted by Crippen LogP contribution is 2.17. The lowest BCUT2D eigenvalue weighted by Gasteiger charge is -2.18. The Labute approximate surface area is 507 Å². The summed E-state index contributed by atoms with van der Waals surface area (Å²) in [4.78, 5) is 38.3. The molecule has 0 radical (unpaired) electrons. The van der Waals surface area contributed by atoms with Crippen molar-refractivity contribution in [1.29, 1.82) is 0 Å². The lowest BCUT2D eigenvalue weighted by Crippen LogP contribution is -2.30. The predicted octanol–water partition coefficient (Wildman–Crippen LogP) is 23.9. The average Bonchev–Trinajstić information content (AvgIpc) is 3.47. The highest BCUT2D eigenvalue weighted by molar-refractivity contribution is 5.71. The van der Waals surface area contributed by atoms with Crippen molar-refractivity contribution >= 4 is 17.9 Å². The number of allylic oxidation sites excluding steroid dienone is 20. The number of hydrogen-bond acceptors (Lipinski definition) is 6. The van der Waals surface area contributed by atoms with Crippen molar-refractivity contribution in [1.82, 2.24) is 0 Å². The second kappa shape index (κ2) is 69.3. The first kappa shape index (κ1) is 77.8. The van der Waals surface area contributed by atoms with Crippen LogP contribution in [0.25, 0.3) is 0 Å². The molecule has 82 heavy (non-hydrogen) atoms. The Morgan fingerprint density at radius 2 is 0.488 bits per heavy atom. The third-order valence-electron chi connectivity index (χ3n) is 14.7. The summed E-state index contributed by atoms with van der Waals surface area (Å²) in [6, 6.07) is 0. The largest absolute Gasteiger partial charge is 0.462 e. The number of carbonyl (C=O) groups excluding carboxylic acids is 3. The number of ether oxygens (including phenoxy) is 3. The summed E-state index contributed by atoms with van der Waals surface area (Å²) in [5.74, 6) is -0.906. The summed E-state index contributed by atoms with van der Waals surface area (Å²) in [7, 11) is 0. The molecule has 0 saturated heterocycles. The molecule has 1 atom stereocenters. The Morgan fingerprint density at radius 1 is 0.256 bits per heavy atom. The van der Waals surface area contributed by atoms with Gasteiger partial charge in [0.1, 0.15) is 13.2 Å². The summed E-state index contributed by atoms with van der Waals surface area (Å²) in [5.41, 5.74) is 0. The monoisotopic (exact) mass is 1140 g/mol. The first-order chi connectivity index (χ1) is 40.5. The molecule has 0 aliphatic carbocycles. The van der Waals surface area contributed by atoms with Gasteiger partial charge in [-0.05, 0) is 109 Å². The van der Waals surface area contributed by atoms with E-state index < -0.39 is 6.10 Å². The molecule has 468 valence electrons. The predicted molar refractivity (Wildman–Crippen MR) is 357 cm³/mol. The summed E-state index contributed by atoms with van der Waals surface area (Å²) >= 11 is 0. The second-order valence-corrected chi connectivity index (χ2v) is 22.7. The van der Waals surface area contributed by atoms with Gasteiger partial charge in [0.2, 0.25) is 0 Å². The number of rotatable bonds is 62. The first-order valence-electron chi connectivity index (χ1n) is 34.5. The van der Waals surface area contributed by atoms with Crippen LogP contribution in [0.3, 0.4) is 0 Å². The van der Waals surface area contributed by atoms with Crippen LogP contribution in [0.1, 0.15) is 323 Å². The van der Waals surface area contributed by atoms with Crippen molar-refractivity contribution in [3.8, 4) is 0 Å². The van der Waals surface area contributed by atoms with Crippen LogP contribution >= 0.6 is 0 Å². The lowest BCUT2D eigenvalue weighted by molar-refractivity contribution is -0.167. The van der Waals surface area contributed by atoms with Crippen LogP contribution in [0.4, 0.5) is 0 Å². The molecule has 0 amide bonds. The van der Waals surface area contributed by atoms with E-state index in [1.165, 1.54) is 141 Å². The number of carbonyl (C=O) groups is 3. The van der Waals surface area contributed by atoms with Crippen LogP contribution in [0, 0.1) is 0 Å². The molecule has 0 fully saturated rings. The van der Waals surface area contributed by atoms with Gasteiger partial charge in [-0.2, -0.15) is 0 Å². The molecular weight excluding hydrogens is 1010 g/mol. The zero-order valence-electron chi connectivity index (χ0n) is 53.7. The minimum absolute atomic E-state index is 0.0874. The third kappa shape index (κ3) is 66.6. The maximum Gasteiger partial charge on any atom is 0.306 e. The Kier molecular flexibility index (Phi) is 65.8. The molecule has 0 aliphatic rings. The maximum atomic E-state index is 12.9. The summed E-state index contributed by atoms with van der Waals surface area (Å²) in [6.07, 6.45) is 96.5. The van der Waals surface area contributed by atoms with Gasteiger partial charge in [0.25, 0.3) is 0 Å². The molecule has 0 aromatic rings. The molecule has 0 heterocycles. The van der Waals surface area contributed by atoms with E-state index in [9.17, 15) is 14.4 Å². The molecule has 0 N–H and O–H groups in total. The number of unbranched alkanes of at least 4 members (excludes halogenated alkanes) is 31. The van der Waals surface area contributed by atoms with E-state index in [2.05, 4.69) is 142 Å². The molecule has 0 bridgehead atoms. The fourth-order valence-corrected chi connectivity index (χ4v) is 9.54. The van der Waals surface area contributed by atoms with Crippen molar-refractivity contribution in [2.75, 3.05) is 13.2 Å². The van der Waals surface area contributed by atoms with Crippen molar-refractivity contribution in [2.24, 2.45) is 0 Å². The van der Waals surface area contributed by atoms with Crippen molar-refractivity contribution < 1.29 is 28.6 Å². The first-order valence-corrected chi connectivity index (χ1v) is 34.5. The van der Waals surface area contributed by atoms with Crippen LogP contribution in [0.5, 0.6) is 0 Å². The van der Waals surface area contributed by atoms with E-state index in [1.807, 2.05) is 0 Å². The minimum Gasteiger partial charge on any atom is -0.462 e. The van der Waals surface area contributed by atoms with Crippen LogP contribution in [-0.4, -0.2) is 37.2 Å². The molecule has 6 nitrogen and oxygen atoms in total. The SMILES string of the molecule is CC/C=C\C/C=C\C/C=C\C/C=C\C/C=C\C/C=C\C/C=C\C/C=C\C/C=C\CCCCCCCC(=O)OCC(COC(=O)CCCCCCC/C=C\CCCC)OC(=O)CCCCCCCCCCCCCCCCCCCCCC. The maximum absolute atomic E-state index is 12.9. The van der Waals surface area contributed by atoms with E-state index in [0.717, 1.165) is 141 Å². The van der Waals surface area contributed by atoms with Crippen molar-refractivity contribution in [3.63, 3.8) is 0 Å². The average molecular weight is 1140 g/mol. The van der Waals surface area contributed by atoms with Crippen LogP contribution < -0.4 is 0 Å². The normalized spacial score (nSPS) is 12.9. The Balaban J connectivity index is 4.28. The molecular formula is C76H128O6. The van der Waals surface area contributed by atoms with Gasteiger partial charge < -0.3 is 14.2 Å². The molecule has 0 aliphatic heterocycles. The van der Waals surface area contributed by atoms with Gasteiger partial charge in [0.05, 0.1) is 0 Å². The van der Waals surface area contributed by atoms with Gasteiger partial charge in [-0.15, -0.1) is 0 Å². The zero-order valence-corrected chi connectivity index (χ0v) is 53.7. The lowest BCUT2D eigenvalue weighted by atomic mass is 10.0. The molecule has 0 saturated carbocycles. The quantitative estimate of drug-likeness (QED) is 0.0261. The van der Waals surface area contributed by atoms with Gasteiger partial charge >= 0.3 is 17.9 Å². The van der Waals surface area contributed by atoms with Gasteiger partial charge in [0.15, 0.2) is 6.10 Å². The smallest absolute Gasteiger partial charge is 0.306 e. The van der Waals surface area contributed by atoms with Crippen LogP contribution in [0.2, 0.25) is 0 Å². The molecule has 0 rings (SSSR count). The molecule has 0 aromatic heterocycles. The van der Waals surface area contributed by atoms with Crippen LogP contribution in [0.15, 0.2) is 122 Å². The van der Waals surface area contributed by atoms with Crippen LogP contribution in [-0.2, 0) is 28.6 Å². The standard InChI is InChI=1S/C76H128O6/c1-4-7-10-13-16-19-22-24-26-28-30-32-33-34-35-36-37-38-39-40-41-42-43-44-46-47-49-51-54-57-60-63-66-69-75(78)81-72-73(71-80-74(77)68-65-62-59-56-53-21-18-15-12-9-6-3)82-76(79)70-67-64-61-58-55-52-50-48-45-31-29-27-25-23-20-17-14-11-8-5-2/h7,10,15-16,18-19,24,26,30,32,34-35,37-38,40-41,43-44,47,49,73H,4-6,8-9,11-14,17,20-23,25,27-29,31,33,36,39,42,45-46,48,50-72H2,1-3H3/b10-7-,18-15-,19-16-,26-24-,32-30-,35-34-,38-37-,41-40-,44-43-,49-47-. The Morgan fingerprint density at radius 3 is 0.793 bits per heavy atom. The Bertz CT molecular complexity index is 1690. The van der Waals surface area contributed by atoms with Gasteiger partial charge in [-0.1, -0.05) is 316 Å². The van der Waals surface area contributed by atoms with E-state index in [-0.39, 0.29) is 31.1 Å². The van der Waals surface area contributed by atoms with E-state index in [4.69, 9.17) is 14.2 Å². The number of hydrogen-bond donors (Lipinski definition) is 0. The molecule has 6 heteroatoms. The summed E-state index contributed by atoms with van der Waals surface area (Å²) in [6.45, 7) is 6.49. The second-order valence-electron chi connectivity index (χ2n) is 22.7. The topological polar surface area (TPSA) is 78.9 Å². The summed E-state index contributed by atoms with van der Waals surface area (Å²) in [5, 5.41) is 0. The van der Waals surface area contributed by atoms with E-state index in [1.54, 1.807) is 0 Å². The van der Waals surface area contributed by atoms with E-state index in [0.29, 0.717) is 19.3 Å². The molecule has 0 spiro atoms. The van der Waals surface area contributed by atoms with Crippen molar-refractivity contribution in [3.05, 3.63) is 122 Å². The van der Waals surface area contributed by atoms with E-state index >= 15 is 0 Å². The van der Waals surface area contributed by atoms with Gasteiger partial charge in [-0.3, -0.25) is 14.4 Å². The zero-order chi connectivity index (χ0) is 59.2. The Hall–Kier alpha value is -4.19. The molecule has 0 aromatic carbocycles. The number of esters is 3. The highest BCUT2D eigenvalue weighted by Gasteiger charge is 2.19. The molecule has 1 unspecified atom stereocenters. The van der Waals surface area contributed by atoms with Gasteiger partial charge in [-0.25, -0.2) is 0 Å².